The fourth-order valence-electron chi connectivity index (χ4n) is 2.34. The van der Waals surface area contributed by atoms with Crippen LogP contribution in [0.3, 0.4) is 0 Å². The predicted octanol–water partition coefficient (Wildman–Crippen LogP) is 5.79. The fraction of sp³-hybridized carbons (Fsp3) is 0.105. The van der Waals surface area contributed by atoms with Gasteiger partial charge in [-0.1, -0.05) is 49.1 Å². The van der Waals surface area contributed by atoms with Crippen LogP contribution >= 0.6 is 31.9 Å². The molecule has 0 radical (unpaired) electrons. The van der Waals surface area contributed by atoms with Crippen molar-refractivity contribution in [2.45, 2.75) is 6.92 Å². The molecule has 0 N–H and O–H groups in total. The summed E-state index contributed by atoms with van der Waals surface area (Å²) in [6, 6.07) is 13.4. The topological polar surface area (TPSA) is 64.7 Å². The summed E-state index contributed by atoms with van der Waals surface area (Å²) in [5, 5.41) is 3.76. The van der Waals surface area contributed by atoms with Gasteiger partial charge in [-0.15, -0.1) is 0 Å². The summed E-state index contributed by atoms with van der Waals surface area (Å²) in [7, 11) is 0. The second-order valence-electron chi connectivity index (χ2n) is 5.31. The first-order valence-corrected chi connectivity index (χ1v) is 9.37. The van der Waals surface area contributed by atoms with Crippen molar-refractivity contribution in [1.29, 1.82) is 0 Å². The lowest BCUT2D eigenvalue weighted by Crippen LogP contribution is -2.06. The van der Waals surface area contributed by atoms with Crippen molar-refractivity contribution in [2.75, 3.05) is 6.61 Å². The number of carbonyl (C=O) groups excluding carboxylic acids is 1. The third kappa shape index (κ3) is 4.47. The molecule has 2 aromatic carbocycles. The van der Waals surface area contributed by atoms with Crippen molar-refractivity contribution >= 4 is 49.7 Å². The summed E-state index contributed by atoms with van der Waals surface area (Å²) >= 11 is 6.92. The maximum absolute atomic E-state index is 12.0. The van der Waals surface area contributed by atoms with Gasteiger partial charge in [0.05, 0.1) is 17.9 Å². The van der Waals surface area contributed by atoms with Crippen molar-refractivity contribution in [3.05, 3.63) is 68.9 Å². The van der Waals surface area contributed by atoms with Crippen molar-refractivity contribution in [2.24, 2.45) is 4.99 Å². The SMILES string of the molecule is CCOC(=O)c1nocc1-c1cccc(N=Cc2cc(Br)cc(Br)c2)c1. The minimum absolute atomic E-state index is 0.156. The van der Waals surface area contributed by atoms with Crippen LogP contribution in [0.25, 0.3) is 11.1 Å². The third-order valence-electron chi connectivity index (χ3n) is 3.44. The zero-order chi connectivity index (χ0) is 18.5. The van der Waals surface area contributed by atoms with E-state index in [-0.39, 0.29) is 12.3 Å². The second kappa shape index (κ2) is 8.42. The summed E-state index contributed by atoms with van der Waals surface area (Å²) in [6.07, 6.45) is 3.20. The van der Waals surface area contributed by atoms with E-state index in [1.165, 1.54) is 6.26 Å². The van der Waals surface area contributed by atoms with Gasteiger partial charge in [0.2, 0.25) is 0 Å². The summed E-state index contributed by atoms with van der Waals surface area (Å²) in [5.74, 6) is -0.510. The Morgan fingerprint density at radius 1 is 1.23 bits per heavy atom. The number of hydrogen-bond donors (Lipinski definition) is 0. The molecule has 0 atom stereocenters. The molecule has 0 bridgehead atoms. The number of hydrogen-bond acceptors (Lipinski definition) is 5. The number of carbonyl (C=O) groups is 1. The van der Waals surface area contributed by atoms with Crippen molar-refractivity contribution in [1.82, 2.24) is 5.16 Å². The van der Waals surface area contributed by atoms with Gasteiger partial charge in [0.1, 0.15) is 6.26 Å². The predicted molar refractivity (Wildman–Crippen MR) is 107 cm³/mol. The van der Waals surface area contributed by atoms with Crippen LogP contribution in [0, 0.1) is 0 Å². The maximum atomic E-state index is 12.0. The van der Waals surface area contributed by atoms with E-state index in [4.69, 9.17) is 9.26 Å². The Bertz CT molecular complexity index is 947. The molecule has 0 aliphatic carbocycles. The molecule has 1 heterocycles. The Morgan fingerprint density at radius 2 is 2.00 bits per heavy atom. The number of aromatic nitrogens is 1. The van der Waals surface area contributed by atoms with Gasteiger partial charge in [0.15, 0.2) is 5.69 Å². The van der Waals surface area contributed by atoms with E-state index in [0.29, 0.717) is 5.56 Å². The number of halogens is 2. The second-order valence-corrected chi connectivity index (χ2v) is 7.14. The molecule has 0 unspecified atom stereocenters. The molecule has 0 saturated carbocycles. The molecular formula is C19H14Br2N2O3. The maximum Gasteiger partial charge on any atom is 0.361 e. The first kappa shape index (κ1) is 18.5. The number of benzene rings is 2. The van der Waals surface area contributed by atoms with E-state index in [2.05, 4.69) is 42.0 Å². The summed E-state index contributed by atoms with van der Waals surface area (Å²) in [5.41, 5.74) is 3.21. The zero-order valence-corrected chi connectivity index (χ0v) is 17.0. The van der Waals surface area contributed by atoms with Crippen LogP contribution in [0.1, 0.15) is 23.0 Å². The molecule has 1 aromatic heterocycles. The molecule has 7 heteroatoms. The van der Waals surface area contributed by atoms with Crippen LogP contribution in [0.15, 0.2) is 67.2 Å². The molecule has 0 fully saturated rings. The minimum atomic E-state index is -0.510. The van der Waals surface area contributed by atoms with Crippen molar-refractivity contribution in [3.63, 3.8) is 0 Å². The number of aliphatic imine (C=N–C) groups is 1. The van der Waals surface area contributed by atoms with E-state index in [1.807, 2.05) is 42.5 Å². The lowest BCUT2D eigenvalue weighted by molar-refractivity contribution is 0.0515. The molecule has 132 valence electrons. The van der Waals surface area contributed by atoms with E-state index in [9.17, 15) is 4.79 Å². The highest BCUT2D eigenvalue weighted by atomic mass is 79.9. The van der Waals surface area contributed by atoms with Gasteiger partial charge in [-0.05, 0) is 48.4 Å². The van der Waals surface area contributed by atoms with Crippen LogP contribution in [-0.2, 0) is 4.74 Å². The summed E-state index contributed by atoms with van der Waals surface area (Å²) in [4.78, 5) is 16.5. The molecule has 5 nitrogen and oxygen atoms in total. The molecule has 0 saturated heterocycles. The van der Waals surface area contributed by atoms with Crippen LogP contribution < -0.4 is 0 Å². The molecule has 3 rings (SSSR count). The molecule has 26 heavy (non-hydrogen) atoms. The molecule has 0 spiro atoms. The van der Waals surface area contributed by atoms with Gasteiger partial charge >= 0.3 is 5.97 Å². The average molecular weight is 478 g/mol. The smallest absolute Gasteiger partial charge is 0.361 e. The van der Waals surface area contributed by atoms with E-state index in [0.717, 1.165) is 25.8 Å². The van der Waals surface area contributed by atoms with Crippen molar-refractivity contribution < 1.29 is 14.1 Å². The number of ether oxygens (including phenoxy) is 1. The molecular weight excluding hydrogens is 464 g/mol. The summed E-state index contributed by atoms with van der Waals surface area (Å²) in [6.45, 7) is 2.02. The van der Waals surface area contributed by atoms with Crippen LogP contribution in [-0.4, -0.2) is 23.9 Å². The van der Waals surface area contributed by atoms with Gasteiger partial charge < -0.3 is 9.26 Å². The first-order chi connectivity index (χ1) is 12.6. The van der Waals surface area contributed by atoms with Gasteiger partial charge in [-0.2, -0.15) is 0 Å². The van der Waals surface area contributed by atoms with Crippen LogP contribution in [0.4, 0.5) is 5.69 Å². The molecule has 3 aromatic rings. The minimum Gasteiger partial charge on any atom is -0.461 e. The lowest BCUT2D eigenvalue weighted by atomic mass is 10.1. The largest absolute Gasteiger partial charge is 0.461 e. The van der Waals surface area contributed by atoms with E-state index >= 15 is 0 Å². The third-order valence-corrected chi connectivity index (χ3v) is 4.36. The number of esters is 1. The standard InChI is InChI=1S/C19H14Br2N2O3/c1-2-25-19(24)18-17(11-26-23-18)13-4-3-5-16(8-13)22-10-12-6-14(20)9-15(21)7-12/h3-11H,2H2,1H3. The zero-order valence-electron chi connectivity index (χ0n) is 13.8. The Labute approximate surface area is 167 Å². The highest BCUT2D eigenvalue weighted by molar-refractivity contribution is 9.11. The van der Waals surface area contributed by atoms with E-state index in [1.54, 1.807) is 13.1 Å². The highest BCUT2D eigenvalue weighted by Crippen LogP contribution is 2.27. The van der Waals surface area contributed by atoms with E-state index < -0.39 is 5.97 Å². The normalized spacial score (nSPS) is 11.0. The fourth-order valence-corrected chi connectivity index (χ4v) is 3.67. The molecule has 0 aliphatic rings. The quantitative estimate of drug-likeness (QED) is 0.344. The number of rotatable bonds is 5. The first-order valence-electron chi connectivity index (χ1n) is 7.79. The van der Waals surface area contributed by atoms with Crippen LogP contribution in [0.2, 0.25) is 0 Å². The molecule has 0 amide bonds. The Morgan fingerprint density at radius 3 is 2.73 bits per heavy atom. The molecule has 0 aliphatic heterocycles. The van der Waals surface area contributed by atoms with Gasteiger partial charge in [0.25, 0.3) is 0 Å². The van der Waals surface area contributed by atoms with Crippen LogP contribution in [0.5, 0.6) is 0 Å². The van der Waals surface area contributed by atoms with Gasteiger partial charge in [-0.3, -0.25) is 4.99 Å². The van der Waals surface area contributed by atoms with Crippen molar-refractivity contribution in [3.8, 4) is 11.1 Å². The average Bonchev–Trinajstić information content (AvgIpc) is 3.09. The highest BCUT2D eigenvalue weighted by Gasteiger charge is 2.18. The monoisotopic (exact) mass is 476 g/mol. The van der Waals surface area contributed by atoms with Gasteiger partial charge in [-0.25, -0.2) is 4.79 Å². The Hall–Kier alpha value is -2.25. The Balaban J connectivity index is 1.89. The Kier molecular flexibility index (Phi) is 6.00. The van der Waals surface area contributed by atoms with Gasteiger partial charge in [0, 0.05) is 15.2 Å². The lowest BCUT2D eigenvalue weighted by Gasteiger charge is -2.03. The summed E-state index contributed by atoms with van der Waals surface area (Å²) < 4.78 is 11.9. The number of nitrogens with zero attached hydrogens (tertiary/aromatic N) is 2.